The Morgan fingerprint density at radius 1 is 1.06 bits per heavy atom. The van der Waals surface area contributed by atoms with Crippen molar-refractivity contribution in [1.29, 1.82) is 0 Å². The molecule has 8 heteroatoms. The molecule has 1 saturated heterocycles. The standard InChI is InChI=1S/C23H27N5O2S/c1-16-7-5-6-10-18(16)21-25-28-20(29)15-19(24-23(28)31-21)26-11-13-27(14-12-26)22(30)17-8-3-2-4-9-17/h5-7,10,15,17H,2-4,8-9,11-14H2,1H3. The van der Waals surface area contributed by atoms with Crippen molar-refractivity contribution in [3.63, 3.8) is 0 Å². The predicted molar refractivity (Wildman–Crippen MR) is 123 cm³/mol. The number of rotatable bonds is 3. The van der Waals surface area contributed by atoms with Gasteiger partial charge in [-0.05, 0) is 25.3 Å². The number of hydrogen-bond acceptors (Lipinski definition) is 6. The van der Waals surface area contributed by atoms with Gasteiger partial charge in [-0.3, -0.25) is 9.59 Å². The number of aryl methyl sites for hydroxylation is 1. The molecule has 3 heterocycles. The first-order valence-electron chi connectivity index (χ1n) is 11.1. The molecule has 5 rings (SSSR count). The molecule has 1 amide bonds. The van der Waals surface area contributed by atoms with E-state index in [-0.39, 0.29) is 11.5 Å². The van der Waals surface area contributed by atoms with E-state index in [1.54, 1.807) is 6.07 Å². The summed E-state index contributed by atoms with van der Waals surface area (Å²) in [4.78, 5) is 35.0. The summed E-state index contributed by atoms with van der Waals surface area (Å²) in [6, 6.07) is 9.59. The smallest absolute Gasteiger partial charge is 0.277 e. The first kappa shape index (κ1) is 20.2. The van der Waals surface area contributed by atoms with E-state index in [0.717, 1.165) is 29.0 Å². The molecule has 2 aromatic heterocycles. The molecule has 0 unspecified atom stereocenters. The highest BCUT2D eigenvalue weighted by atomic mass is 32.1. The van der Waals surface area contributed by atoms with Gasteiger partial charge < -0.3 is 9.80 Å². The van der Waals surface area contributed by atoms with Crippen molar-refractivity contribution in [1.82, 2.24) is 19.5 Å². The molecule has 0 N–H and O–H groups in total. The molecule has 162 valence electrons. The van der Waals surface area contributed by atoms with E-state index in [9.17, 15) is 9.59 Å². The van der Waals surface area contributed by atoms with Gasteiger partial charge in [0.2, 0.25) is 10.9 Å². The van der Waals surface area contributed by atoms with Crippen LogP contribution in [0, 0.1) is 12.8 Å². The van der Waals surface area contributed by atoms with Crippen molar-refractivity contribution < 1.29 is 4.79 Å². The van der Waals surface area contributed by atoms with E-state index in [4.69, 9.17) is 4.98 Å². The topological polar surface area (TPSA) is 70.8 Å². The summed E-state index contributed by atoms with van der Waals surface area (Å²) >= 11 is 1.43. The van der Waals surface area contributed by atoms with Crippen LogP contribution in [0.3, 0.4) is 0 Å². The fourth-order valence-corrected chi connectivity index (χ4v) is 5.64. The molecule has 7 nitrogen and oxygen atoms in total. The Bertz CT molecular complexity index is 1160. The van der Waals surface area contributed by atoms with Crippen molar-refractivity contribution in [3.05, 3.63) is 46.2 Å². The average Bonchev–Trinajstić information content (AvgIpc) is 3.24. The molecule has 1 saturated carbocycles. The fraction of sp³-hybridized carbons (Fsp3) is 0.478. The Hall–Kier alpha value is -2.74. The Kier molecular flexibility index (Phi) is 5.48. The van der Waals surface area contributed by atoms with E-state index in [1.807, 2.05) is 36.1 Å². The maximum Gasteiger partial charge on any atom is 0.277 e. The number of fused-ring (bicyclic) bond motifs is 1. The van der Waals surface area contributed by atoms with Crippen LogP contribution < -0.4 is 10.5 Å². The van der Waals surface area contributed by atoms with Gasteiger partial charge in [-0.2, -0.15) is 9.61 Å². The minimum absolute atomic E-state index is 0.170. The van der Waals surface area contributed by atoms with Gasteiger partial charge in [0.05, 0.1) is 0 Å². The summed E-state index contributed by atoms with van der Waals surface area (Å²) in [6.07, 6.45) is 5.66. The SMILES string of the molecule is Cc1ccccc1-c1nn2c(=O)cc(N3CCN(C(=O)C4CCCCC4)CC3)nc2s1. The summed E-state index contributed by atoms with van der Waals surface area (Å²) in [5.74, 6) is 1.19. The van der Waals surface area contributed by atoms with Gasteiger partial charge in [-0.15, -0.1) is 0 Å². The second kappa shape index (κ2) is 8.42. The predicted octanol–water partition coefficient (Wildman–Crippen LogP) is 3.36. The lowest BCUT2D eigenvalue weighted by Gasteiger charge is -2.37. The van der Waals surface area contributed by atoms with Gasteiger partial charge in [-0.1, -0.05) is 54.9 Å². The van der Waals surface area contributed by atoms with Crippen molar-refractivity contribution in [2.45, 2.75) is 39.0 Å². The fourth-order valence-electron chi connectivity index (χ4n) is 4.65. The third kappa shape index (κ3) is 3.96. The molecule has 1 aromatic carbocycles. The Balaban J connectivity index is 1.33. The van der Waals surface area contributed by atoms with Crippen LogP contribution in [0.1, 0.15) is 37.7 Å². The number of carbonyl (C=O) groups excluding carboxylic acids is 1. The third-order valence-corrected chi connectivity index (χ3v) is 7.42. The second-order valence-electron chi connectivity index (χ2n) is 8.52. The number of aromatic nitrogens is 3. The molecule has 0 spiro atoms. The number of amides is 1. The Morgan fingerprint density at radius 2 is 1.81 bits per heavy atom. The quantitative estimate of drug-likeness (QED) is 0.628. The highest BCUT2D eigenvalue weighted by Crippen LogP contribution is 2.28. The van der Waals surface area contributed by atoms with Crippen LogP contribution in [-0.2, 0) is 4.79 Å². The maximum atomic E-state index is 12.8. The van der Waals surface area contributed by atoms with Gasteiger partial charge >= 0.3 is 0 Å². The van der Waals surface area contributed by atoms with Crippen molar-refractivity contribution >= 4 is 28.0 Å². The van der Waals surface area contributed by atoms with Crippen LogP contribution in [0.4, 0.5) is 5.82 Å². The van der Waals surface area contributed by atoms with Gasteiger partial charge in [-0.25, -0.2) is 4.98 Å². The molecule has 0 atom stereocenters. The lowest BCUT2D eigenvalue weighted by Crippen LogP contribution is -2.51. The summed E-state index contributed by atoms with van der Waals surface area (Å²) in [5, 5.41) is 5.30. The highest BCUT2D eigenvalue weighted by molar-refractivity contribution is 7.19. The third-order valence-electron chi connectivity index (χ3n) is 6.48. The van der Waals surface area contributed by atoms with Crippen molar-refractivity contribution in [3.8, 4) is 10.6 Å². The normalized spacial score (nSPS) is 18.0. The first-order chi connectivity index (χ1) is 15.1. The minimum atomic E-state index is -0.170. The monoisotopic (exact) mass is 437 g/mol. The zero-order valence-corrected chi connectivity index (χ0v) is 18.6. The lowest BCUT2D eigenvalue weighted by molar-refractivity contribution is -0.136. The number of benzene rings is 1. The highest BCUT2D eigenvalue weighted by Gasteiger charge is 2.29. The van der Waals surface area contributed by atoms with Gasteiger partial charge in [0.25, 0.3) is 5.56 Å². The summed E-state index contributed by atoms with van der Waals surface area (Å²) < 4.78 is 1.39. The van der Waals surface area contributed by atoms with Crippen LogP contribution in [0.15, 0.2) is 35.1 Å². The number of anilines is 1. The lowest BCUT2D eigenvalue weighted by atomic mass is 9.88. The van der Waals surface area contributed by atoms with E-state index in [2.05, 4.69) is 10.00 Å². The molecule has 0 radical (unpaired) electrons. The molecular weight excluding hydrogens is 410 g/mol. The van der Waals surface area contributed by atoms with Crippen LogP contribution >= 0.6 is 11.3 Å². The minimum Gasteiger partial charge on any atom is -0.353 e. The summed E-state index contributed by atoms with van der Waals surface area (Å²) in [7, 11) is 0. The van der Waals surface area contributed by atoms with E-state index in [0.29, 0.717) is 42.9 Å². The van der Waals surface area contributed by atoms with Crippen molar-refractivity contribution in [2.75, 3.05) is 31.1 Å². The van der Waals surface area contributed by atoms with E-state index in [1.165, 1.54) is 35.1 Å². The van der Waals surface area contributed by atoms with Gasteiger partial charge in [0, 0.05) is 43.7 Å². The molecule has 3 aromatic rings. The molecule has 0 bridgehead atoms. The molecule has 2 aliphatic rings. The summed E-state index contributed by atoms with van der Waals surface area (Å²) in [6.45, 7) is 4.81. The molecule has 1 aliphatic carbocycles. The van der Waals surface area contributed by atoms with E-state index < -0.39 is 0 Å². The zero-order chi connectivity index (χ0) is 21.4. The summed E-state index contributed by atoms with van der Waals surface area (Å²) in [5.41, 5.74) is 1.97. The number of nitrogens with zero attached hydrogens (tertiary/aromatic N) is 5. The maximum absolute atomic E-state index is 12.8. The molecule has 1 aliphatic heterocycles. The molecule has 2 fully saturated rings. The second-order valence-corrected chi connectivity index (χ2v) is 9.47. The Morgan fingerprint density at radius 3 is 2.55 bits per heavy atom. The first-order valence-corrected chi connectivity index (χ1v) is 11.9. The molecule has 31 heavy (non-hydrogen) atoms. The van der Waals surface area contributed by atoms with Crippen molar-refractivity contribution in [2.24, 2.45) is 5.92 Å². The van der Waals surface area contributed by atoms with Crippen LogP contribution in [0.5, 0.6) is 0 Å². The van der Waals surface area contributed by atoms with E-state index >= 15 is 0 Å². The van der Waals surface area contributed by atoms with Gasteiger partial charge in [0.1, 0.15) is 10.8 Å². The van der Waals surface area contributed by atoms with Gasteiger partial charge in [0.15, 0.2) is 0 Å². The van der Waals surface area contributed by atoms with Crippen LogP contribution in [0.2, 0.25) is 0 Å². The molecular formula is C23H27N5O2S. The van der Waals surface area contributed by atoms with Crippen LogP contribution in [-0.4, -0.2) is 51.6 Å². The average molecular weight is 438 g/mol. The zero-order valence-electron chi connectivity index (χ0n) is 17.8. The number of carbonyl (C=O) groups is 1. The Labute approximate surface area is 185 Å². The largest absolute Gasteiger partial charge is 0.353 e. The number of piperazine rings is 1. The van der Waals surface area contributed by atoms with Crippen LogP contribution in [0.25, 0.3) is 15.5 Å². The number of hydrogen-bond donors (Lipinski definition) is 0.